The molecular weight excluding hydrogens is 260 g/mol. The van der Waals surface area contributed by atoms with Crippen molar-refractivity contribution in [3.8, 4) is 5.75 Å². The lowest BCUT2D eigenvalue weighted by Crippen LogP contribution is -2.48. The summed E-state index contributed by atoms with van der Waals surface area (Å²) in [5.41, 5.74) is 7.12. The molecule has 1 aromatic carbocycles. The number of halogens is 1. The fourth-order valence-corrected chi connectivity index (χ4v) is 3.18. The zero-order valence-corrected chi connectivity index (χ0v) is 12.5. The monoisotopic (exact) mass is 282 g/mol. The molecule has 19 heavy (non-hydrogen) atoms. The van der Waals surface area contributed by atoms with Gasteiger partial charge in [-0.25, -0.2) is 0 Å². The van der Waals surface area contributed by atoms with Gasteiger partial charge in [-0.2, -0.15) is 0 Å². The highest BCUT2D eigenvalue weighted by atomic mass is 35.5. The highest BCUT2D eigenvalue weighted by Gasteiger charge is 2.26. The van der Waals surface area contributed by atoms with Crippen molar-refractivity contribution in [1.82, 2.24) is 4.90 Å². The molecule has 4 heteroatoms. The lowest BCUT2D eigenvalue weighted by molar-refractivity contribution is 0.0892. The summed E-state index contributed by atoms with van der Waals surface area (Å²) in [7, 11) is 1.64. The Labute approximate surface area is 120 Å². The van der Waals surface area contributed by atoms with E-state index in [1.807, 2.05) is 12.1 Å². The van der Waals surface area contributed by atoms with Gasteiger partial charge in [0.2, 0.25) is 0 Å². The van der Waals surface area contributed by atoms with Crippen molar-refractivity contribution in [2.45, 2.75) is 44.8 Å². The Balaban J connectivity index is 2.12. The molecule has 2 N–H and O–H groups in total. The molecule has 0 amide bonds. The van der Waals surface area contributed by atoms with Crippen molar-refractivity contribution in [2.24, 2.45) is 5.73 Å². The van der Waals surface area contributed by atoms with E-state index in [1.54, 1.807) is 7.11 Å². The van der Waals surface area contributed by atoms with Crippen LogP contribution in [0.25, 0.3) is 0 Å². The minimum atomic E-state index is 0.490. The van der Waals surface area contributed by atoms with Gasteiger partial charge in [-0.05, 0) is 37.5 Å². The van der Waals surface area contributed by atoms with E-state index in [0.29, 0.717) is 17.1 Å². The Kier molecular flexibility index (Phi) is 5.08. The first-order chi connectivity index (χ1) is 9.15. The van der Waals surface area contributed by atoms with Crippen molar-refractivity contribution in [3.63, 3.8) is 0 Å². The third-order valence-electron chi connectivity index (χ3n) is 4.05. The van der Waals surface area contributed by atoms with E-state index in [4.69, 9.17) is 22.1 Å². The van der Waals surface area contributed by atoms with Gasteiger partial charge in [0, 0.05) is 25.2 Å². The molecule has 0 spiro atoms. The molecule has 2 atom stereocenters. The van der Waals surface area contributed by atoms with E-state index in [2.05, 4.69) is 17.9 Å². The van der Waals surface area contributed by atoms with Crippen LogP contribution >= 0.6 is 11.6 Å². The van der Waals surface area contributed by atoms with Gasteiger partial charge in [0.1, 0.15) is 5.75 Å². The van der Waals surface area contributed by atoms with Crippen LogP contribution in [-0.4, -0.2) is 30.6 Å². The van der Waals surface area contributed by atoms with Crippen molar-refractivity contribution in [3.05, 3.63) is 28.8 Å². The molecule has 1 aliphatic rings. The van der Waals surface area contributed by atoms with Gasteiger partial charge in [-0.3, -0.25) is 4.90 Å². The van der Waals surface area contributed by atoms with Gasteiger partial charge in [0.25, 0.3) is 0 Å². The predicted octanol–water partition coefficient (Wildman–Crippen LogP) is 3.05. The molecule has 1 saturated heterocycles. The second kappa shape index (κ2) is 6.60. The summed E-state index contributed by atoms with van der Waals surface area (Å²) in [6.07, 6.45) is 3.73. The number of nitrogens with two attached hydrogens (primary N) is 1. The molecule has 3 nitrogen and oxygen atoms in total. The highest BCUT2D eigenvalue weighted by molar-refractivity contribution is 6.32. The van der Waals surface area contributed by atoms with Gasteiger partial charge < -0.3 is 10.5 Å². The lowest BCUT2D eigenvalue weighted by atomic mass is 9.95. The number of ether oxygens (including phenoxy) is 1. The molecule has 0 saturated carbocycles. The zero-order valence-electron chi connectivity index (χ0n) is 11.7. The largest absolute Gasteiger partial charge is 0.495 e. The average molecular weight is 283 g/mol. The molecule has 0 bridgehead atoms. The van der Waals surface area contributed by atoms with E-state index >= 15 is 0 Å². The molecule has 1 fully saturated rings. The number of methoxy groups -OCH3 is 1. The SMILES string of the molecule is COc1ccc(CN2C(C)CCCC2CN)cc1Cl. The van der Waals surface area contributed by atoms with Crippen molar-refractivity contribution < 1.29 is 4.74 Å². The lowest BCUT2D eigenvalue weighted by Gasteiger charge is -2.40. The van der Waals surface area contributed by atoms with Crippen LogP contribution in [0.2, 0.25) is 5.02 Å². The van der Waals surface area contributed by atoms with Gasteiger partial charge in [0.15, 0.2) is 0 Å². The number of hydrogen-bond acceptors (Lipinski definition) is 3. The standard InChI is InChI=1S/C15H23ClN2O/c1-11-4-3-5-13(9-17)18(11)10-12-6-7-15(19-2)14(16)8-12/h6-8,11,13H,3-5,9-10,17H2,1-2H3. The summed E-state index contributed by atoms with van der Waals surface area (Å²) in [6, 6.07) is 7.09. The van der Waals surface area contributed by atoms with Crippen LogP contribution in [0.3, 0.4) is 0 Å². The summed E-state index contributed by atoms with van der Waals surface area (Å²) in [4.78, 5) is 2.50. The predicted molar refractivity (Wildman–Crippen MR) is 79.7 cm³/mol. The quantitative estimate of drug-likeness (QED) is 0.922. The van der Waals surface area contributed by atoms with E-state index in [1.165, 1.54) is 24.8 Å². The van der Waals surface area contributed by atoms with Crippen LogP contribution < -0.4 is 10.5 Å². The van der Waals surface area contributed by atoms with Gasteiger partial charge in [-0.15, -0.1) is 0 Å². The molecule has 2 unspecified atom stereocenters. The van der Waals surface area contributed by atoms with Crippen LogP contribution in [0, 0.1) is 0 Å². The minimum absolute atomic E-state index is 0.490. The van der Waals surface area contributed by atoms with Crippen molar-refractivity contribution in [1.29, 1.82) is 0 Å². The second-order valence-corrected chi connectivity index (χ2v) is 5.72. The third-order valence-corrected chi connectivity index (χ3v) is 4.34. The normalized spacial score (nSPS) is 24.4. The Morgan fingerprint density at radius 2 is 2.21 bits per heavy atom. The third kappa shape index (κ3) is 3.41. The van der Waals surface area contributed by atoms with E-state index in [9.17, 15) is 0 Å². The maximum absolute atomic E-state index is 6.19. The summed E-state index contributed by atoms with van der Waals surface area (Å²) in [6.45, 7) is 3.92. The Morgan fingerprint density at radius 1 is 1.42 bits per heavy atom. The first-order valence-electron chi connectivity index (χ1n) is 6.94. The second-order valence-electron chi connectivity index (χ2n) is 5.31. The maximum Gasteiger partial charge on any atom is 0.137 e. The number of hydrogen-bond donors (Lipinski definition) is 1. The van der Waals surface area contributed by atoms with Crippen molar-refractivity contribution in [2.75, 3.05) is 13.7 Å². The van der Waals surface area contributed by atoms with Crippen LogP contribution in [0.1, 0.15) is 31.7 Å². The summed E-state index contributed by atoms with van der Waals surface area (Å²) >= 11 is 6.19. The Morgan fingerprint density at radius 3 is 2.84 bits per heavy atom. The van der Waals surface area contributed by atoms with E-state index < -0.39 is 0 Å². The molecule has 106 valence electrons. The Hall–Kier alpha value is -0.770. The molecule has 2 rings (SSSR count). The van der Waals surface area contributed by atoms with Gasteiger partial charge in [-0.1, -0.05) is 24.1 Å². The maximum atomic E-state index is 6.19. The van der Waals surface area contributed by atoms with Crippen molar-refractivity contribution >= 4 is 11.6 Å². The topological polar surface area (TPSA) is 38.5 Å². The van der Waals surface area contributed by atoms with E-state index in [0.717, 1.165) is 18.8 Å². The molecular formula is C15H23ClN2O. The minimum Gasteiger partial charge on any atom is -0.495 e. The van der Waals surface area contributed by atoms with Crippen LogP contribution in [0.15, 0.2) is 18.2 Å². The number of likely N-dealkylation sites (tertiary alicyclic amines) is 1. The van der Waals surface area contributed by atoms with Gasteiger partial charge in [0.05, 0.1) is 12.1 Å². The van der Waals surface area contributed by atoms with Crippen LogP contribution in [0.4, 0.5) is 0 Å². The number of nitrogens with zero attached hydrogens (tertiary/aromatic N) is 1. The molecule has 0 aliphatic carbocycles. The van der Waals surface area contributed by atoms with Gasteiger partial charge >= 0.3 is 0 Å². The summed E-state index contributed by atoms with van der Waals surface area (Å²) in [5, 5.41) is 0.675. The smallest absolute Gasteiger partial charge is 0.137 e. The first kappa shape index (κ1) is 14.6. The van der Waals surface area contributed by atoms with Crippen LogP contribution in [-0.2, 0) is 6.54 Å². The molecule has 0 aromatic heterocycles. The number of rotatable bonds is 4. The molecule has 0 radical (unpaired) electrons. The fraction of sp³-hybridized carbons (Fsp3) is 0.600. The van der Waals surface area contributed by atoms with Crippen LogP contribution in [0.5, 0.6) is 5.75 Å². The first-order valence-corrected chi connectivity index (χ1v) is 7.31. The number of piperidine rings is 1. The molecule has 1 aliphatic heterocycles. The zero-order chi connectivity index (χ0) is 13.8. The highest BCUT2D eigenvalue weighted by Crippen LogP contribution is 2.28. The molecule has 1 heterocycles. The Bertz CT molecular complexity index is 425. The fourth-order valence-electron chi connectivity index (χ4n) is 2.90. The summed E-state index contributed by atoms with van der Waals surface area (Å²) in [5.74, 6) is 0.729. The van der Waals surface area contributed by atoms with E-state index in [-0.39, 0.29) is 0 Å². The molecule has 1 aromatic rings. The summed E-state index contributed by atoms with van der Waals surface area (Å²) < 4.78 is 5.19. The number of benzene rings is 1. The average Bonchev–Trinajstić information content (AvgIpc) is 2.41.